The first-order valence-electron chi connectivity index (χ1n) is 8.03. The molecule has 0 aliphatic heterocycles. The van der Waals surface area contributed by atoms with Crippen LogP contribution in [0.4, 0.5) is 5.69 Å². The molecule has 0 bridgehead atoms. The zero-order valence-electron chi connectivity index (χ0n) is 14.1. The number of carbonyl (C=O) groups excluding carboxylic acids is 2. The molecule has 0 spiro atoms. The summed E-state index contributed by atoms with van der Waals surface area (Å²) in [6, 6.07) is 20.8. The minimum Gasteiger partial charge on any atom is -0.483 e. The summed E-state index contributed by atoms with van der Waals surface area (Å²) >= 11 is 6.07. The summed E-state index contributed by atoms with van der Waals surface area (Å²) < 4.78 is 11.2. The van der Waals surface area contributed by atoms with Crippen molar-refractivity contribution in [3.8, 4) is 11.5 Å². The standard InChI is InChI=1S/C21H14ClNO4/c22-17-11-18(23-14-24)20(26-13-15-7-3-1-4-8-15)19(12-17)27-21(25)16-9-5-2-6-10-16/h1-12H,13H2. The number of nitrogens with zero attached hydrogens (tertiary/aromatic N) is 1. The third-order valence-electron chi connectivity index (χ3n) is 3.60. The smallest absolute Gasteiger partial charge is 0.343 e. The van der Waals surface area contributed by atoms with Gasteiger partial charge < -0.3 is 9.47 Å². The fourth-order valence-corrected chi connectivity index (χ4v) is 2.57. The van der Waals surface area contributed by atoms with Gasteiger partial charge in [-0.05, 0) is 23.8 Å². The van der Waals surface area contributed by atoms with Gasteiger partial charge in [-0.25, -0.2) is 9.59 Å². The van der Waals surface area contributed by atoms with Gasteiger partial charge in [0.15, 0.2) is 11.5 Å². The number of isocyanates is 1. The fourth-order valence-electron chi connectivity index (χ4n) is 2.37. The van der Waals surface area contributed by atoms with E-state index < -0.39 is 5.97 Å². The molecule has 0 radical (unpaired) electrons. The lowest BCUT2D eigenvalue weighted by Gasteiger charge is -2.14. The Hall–Kier alpha value is -3.40. The van der Waals surface area contributed by atoms with E-state index in [2.05, 4.69) is 4.99 Å². The number of rotatable bonds is 6. The Bertz CT molecular complexity index is 984. The predicted octanol–water partition coefficient (Wildman–Crippen LogP) is 5.11. The highest BCUT2D eigenvalue weighted by molar-refractivity contribution is 6.31. The molecule has 3 aromatic carbocycles. The molecule has 0 aromatic heterocycles. The molecule has 0 unspecified atom stereocenters. The Balaban J connectivity index is 1.93. The van der Waals surface area contributed by atoms with Crippen LogP contribution in [0.1, 0.15) is 15.9 Å². The van der Waals surface area contributed by atoms with E-state index in [0.717, 1.165) is 5.56 Å². The molecule has 3 rings (SSSR count). The summed E-state index contributed by atoms with van der Waals surface area (Å²) in [5.41, 5.74) is 1.39. The average Bonchev–Trinajstić information content (AvgIpc) is 2.69. The molecule has 0 fully saturated rings. The van der Waals surface area contributed by atoms with Crippen LogP contribution in [-0.2, 0) is 11.4 Å². The van der Waals surface area contributed by atoms with Crippen molar-refractivity contribution in [3.63, 3.8) is 0 Å². The molecule has 27 heavy (non-hydrogen) atoms. The number of hydrogen-bond acceptors (Lipinski definition) is 5. The third-order valence-corrected chi connectivity index (χ3v) is 3.82. The van der Waals surface area contributed by atoms with Crippen LogP contribution in [0.25, 0.3) is 0 Å². The summed E-state index contributed by atoms with van der Waals surface area (Å²) in [6.07, 6.45) is 1.46. The number of carbonyl (C=O) groups is 1. The lowest BCUT2D eigenvalue weighted by Crippen LogP contribution is -2.09. The monoisotopic (exact) mass is 379 g/mol. The van der Waals surface area contributed by atoms with Gasteiger partial charge in [0.1, 0.15) is 12.3 Å². The first-order valence-corrected chi connectivity index (χ1v) is 8.40. The Kier molecular flexibility index (Phi) is 6.00. The van der Waals surface area contributed by atoms with Crippen molar-refractivity contribution < 1.29 is 19.1 Å². The topological polar surface area (TPSA) is 65.0 Å². The highest BCUT2D eigenvalue weighted by Gasteiger charge is 2.18. The van der Waals surface area contributed by atoms with E-state index in [9.17, 15) is 9.59 Å². The minimum absolute atomic E-state index is 0.0706. The van der Waals surface area contributed by atoms with Gasteiger partial charge in [0.25, 0.3) is 0 Å². The van der Waals surface area contributed by atoms with E-state index >= 15 is 0 Å². The Morgan fingerprint density at radius 2 is 1.67 bits per heavy atom. The van der Waals surface area contributed by atoms with Crippen molar-refractivity contribution in [3.05, 3.63) is 88.9 Å². The van der Waals surface area contributed by atoms with Gasteiger partial charge in [0, 0.05) is 11.1 Å². The number of aliphatic imine (C=N–C) groups is 1. The average molecular weight is 380 g/mol. The maximum atomic E-state index is 12.4. The number of halogens is 1. The van der Waals surface area contributed by atoms with E-state index in [1.807, 2.05) is 30.3 Å². The van der Waals surface area contributed by atoms with Crippen LogP contribution in [-0.4, -0.2) is 12.0 Å². The number of hydrogen-bond donors (Lipinski definition) is 0. The van der Waals surface area contributed by atoms with Crippen LogP contribution in [0.2, 0.25) is 5.02 Å². The van der Waals surface area contributed by atoms with E-state index in [1.54, 1.807) is 30.3 Å². The second-order valence-corrected chi connectivity index (χ2v) is 5.92. The molecule has 0 saturated heterocycles. The second-order valence-electron chi connectivity index (χ2n) is 5.49. The van der Waals surface area contributed by atoms with Gasteiger partial charge in [-0.15, -0.1) is 0 Å². The first-order chi connectivity index (χ1) is 13.2. The van der Waals surface area contributed by atoms with Crippen LogP contribution in [0.5, 0.6) is 11.5 Å². The van der Waals surface area contributed by atoms with Gasteiger partial charge in [-0.3, -0.25) is 0 Å². The van der Waals surface area contributed by atoms with Crippen LogP contribution >= 0.6 is 11.6 Å². The molecule has 6 heteroatoms. The summed E-state index contributed by atoms with van der Waals surface area (Å²) in [6.45, 7) is 0.194. The van der Waals surface area contributed by atoms with Gasteiger partial charge in [-0.1, -0.05) is 60.1 Å². The number of benzene rings is 3. The van der Waals surface area contributed by atoms with E-state index in [-0.39, 0.29) is 28.8 Å². The zero-order valence-corrected chi connectivity index (χ0v) is 14.8. The fraction of sp³-hybridized carbons (Fsp3) is 0.0476. The van der Waals surface area contributed by atoms with E-state index in [1.165, 1.54) is 18.2 Å². The van der Waals surface area contributed by atoms with Crippen LogP contribution < -0.4 is 9.47 Å². The molecule has 0 N–H and O–H groups in total. The third kappa shape index (κ3) is 4.82. The van der Waals surface area contributed by atoms with E-state index in [0.29, 0.717) is 5.56 Å². The summed E-state index contributed by atoms with van der Waals surface area (Å²) in [7, 11) is 0. The molecule has 0 aliphatic carbocycles. The molecular formula is C21H14ClNO4. The summed E-state index contributed by atoms with van der Waals surface area (Å²) in [5.74, 6) is -0.374. The predicted molar refractivity (Wildman–Crippen MR) is 101 cm³/mol. The molecule has 134 valence electrons. The van der Waals surface area contributed by atoms with Crippen LogP contribution in [0.15, 0.2) is 77.8 Å². The molecule has 0 aliphatic rings. The Labute approximate surface area is 160 Å². The van der Waals surface area contributed by atoms with Gasteiger partial charge in [0.2, 0.25) is 6.08 Å². The number of esters is 1. The molecule has 0 heterocycles. The maximum absolute atomic E-state index is 12.4. The largest absolute Gasteiger partial charge is 0.483 e. The minimum atomic E-state index is -0.580. The molecule has 0 amide bonds. The van der Waals surface area contributed by atoms with Crippen molar-refractivity contribution in [2.24, 2.45) is 4.99 Å². The van der Waals surface area contributed by atoms with E-state index in [4.69, 9.17) is 21.1 Å². The lowest BCUT2D eigenvalue weighted by atomic mass is 10.2. The second kappa shape index (κ2) is 8.81. The maximum Gasteiger partial charge on any atom is 0.343 e. The quantitative estimate of drug-likeness (QED) is 0.258. The summed E-state index contributed by atoms with van der Waals surface area (Å²) in [5, 5.41) is 0.243. The molecular weight excluding hydrogens is 366 g/mol. The van der Waals surface area contributed by atoms with Crippen LogP contribution in [0.3, 0.4) is 0 Å². The molecule has 3 aromatic rings. The highest BCUT2D eigenvalue weighted by Crippen LogP contribution is 2.41. The SMILES string of the molecule is O=C=Nc1cc(Cl)cc(OC(=O)c2ccccc2)c1OCc1ccccc1. The van der Waals surface area contributed by atoms with Gasteiger partial charge in [-0.2, -0.15) is 4.99 Å². The summed E-state index contributed by atoms with van der Waals surface area (Å²) in [4.78, 5) is 26.8. The molecule has 5 nitrogen and oxygen atoms in total. The van der Waals surface area contributed by atoms with Crippen molar-refractivity contribution in [1.82, 2.24) is 0 Å². The van der Waals surface area contributed by atoms with Crippen molar-refractivity contribution in [2.45, 2.75) is 6.61 Å². The van der Waals surface area contributed by atoms with Gasteiger partial charge >= 0.3 is 5.97 Å². The molecule has 0 saturated carbocycles. The van der Waals surface area contributed by atoms with Crippen LogP contribution in [0, 0.1) is 0 Å². The Morgan fingerprint density at radius 1 is 1.00 bits per heavy atom. The zero-order chi connectivity index (χ0) is 19.1. The first kappa shape index (κ1) is 18.4. The van der Waals surface area contributed by atoms with Crippen molar-refractivity contribution in [1.29, 1.82) is 0 Å². The lowest BCUT2D eigenvalue weighted by molar-refractivity contribution is 0.0728. The molecule has 0 atom stereocenters. The number of ether oxygens (including phenoxy) is 2. The normalized spacial score (nSPS) is 9.96. The van der Waals surface area contributed by atoms with Crippen molar-refractivity contribution >= 4 is 29.3 Å². The van der Waals surface area contributed by atoms with Crippen molar-refractivity contribution in [2.75, 3.05) is 0 Å². The Morgan fingerprint density at radius 3 is 2.33 bits per heavy atom. The highest BCUT2D eigenvalue weighted by atomic mass is 35.5. The van der Waals surface area contributed by atoms with Gasteiger partial charge in [0.05, 0.1) is 5.56 Å².